The Kier molecular flexibility index (Phi) is 2.88. The van der Waals surface area contributed by atoms with Crippen LogP contribution in [-0.4, -0.2) is 22.3 Å². The van der Waals surface area contributed by atoms with Crippen molar-refractivity contribution < 1.29 is 9.15 Å². The van der Waals surface area contributed by atoms with Gasteiger partial charge in [0.15, 0.2) is 12.2 Å². The smallest absolute Gasteiger partial charge is 0.181 e. The van der Waals surface area contributed by atoms with Crippen LogP contribution >= 0.6 is 11.3 Å². The first-order chi connectivity index (χ1) is 9.29. The number of ether oxygens (including phenoxy) is 1. The second-order valence-corrected chi connectivity index (χ2v) is 4.58. The molecule has 2 aromatic heterocycles. The van der Waals surface area contributed by atoms with Crippen LogP contribution in [0.3, 0.4) is 0 Å². The molecule has 0 unspecified atom stereocenters. The number of hydrogen-bond donors (Lipinski definition) is 1. The molecule has 0 saturated heterocycles. The third-order valence-electron chi connectivity index (χ3n) is 2.66. The lowest BCUT2D eigenvalue weighted by atomic mass is 10.1. The minimum atomic E-state index is 0.580. The van der Waals surface area contributed by atoms with Crippen LogP contribution < -0.4 is 10.5 Å². The summed E-state index contributed by atoms with van der Waals surface area (Å²) in [5, 5.41) is 8.60. The first-order valence-corrected chi connectivity index (χ1v) is 6.30. The van der Waals surface area contributed by atoms with Crippen LogP contribution in [0, 0.1) is 0 Å². The Morgan fingerprint density at radius 1 is 1.32 bits per heavy atom. The molecule has 6 nitrogen and oxygen atoms in total. The van der Waals surface area contributed by atoms with Crippen molar-refractivity contribution in [2.45, 2.75) is 0 Å². The highest BCUT2D eigenvalue weighted by Crippen LogP contribution is 2.38. The Labute approximate surface area is 112 Å². The molecule has 0 saturated carbocycles. The van der Waals surface area contributed by atoms with Gasteiger partial charge in [0.1, 0.15) is 16.3 Å². The maximum atomic E-state index is 6.02. The number of nitrogens with zero attached hydrogens (tertiary/aromatic N) is 3. The van der Waals surface area contributed by atoms with Crippen molar-refractivity contribution in [2.75, 3.05) is 12.8 Å². The monoisotopic (exact) mass is 274 g/mol. The fourth-order valence-electron chi connectivity index (χ4n) is 1.78. The molecule has 0 bridgehead atoms. The number of benzene rings is 1. The van der Waals surface area contributed by atoms with Gasteiger partial charge in [-0.15, -0.1) is 10.2 Å². The predicted octanol–water partition coefficient (Wildman–Crippen LogP) is 2.45. The second kappa shape index (κ2) is 4.69. The van der Waals surface area contributed by atoms with Crippen LogP contribution in [-0.2, 0) is 0 Å². The van der Waals surface area contributed by atoms with Crippen molar-refractivity contribution in [2.24, 2.45) is 0 Å². The first kappa shape index (κ1) is 11.7. The van der Waals surface area contributed by atoms with E-state index in [0.29, 0.717) is 17.2 Å². The Morgan fingerprint density at radius 2 is 2.21 bits per heavy atom. The van der Waals surface area contributed by atoms with E-state index in [-0.39, 0.29) is 0 Å². The highest BCUT2D eigenvalue weighted by Gasteiger charge is 2.15. The Morgan fingerprint density at radius 3 is 2.84 bits per heavy atom. The molecule has 3 aromatic rings. The summed E-state index contributed by atoms with van der Waals surface area (Å²) in [5.74, 6) is 1.24. The molecule has 2 heterocycles. The van der Waals surface area contributed by atoms with Crippen LogP contribution in [0.2, 0.25) is 0 Å². The number of methoxy groups -OCH3 is 1. The zero-order valence-corrected chi connectivity index (χ0v) is 10.8. The van der Waals surface area contributed by atoms with Gasteiger partial charge >= 0.3 is 0 Å². The van der Waals surface area contributed by atoms with Crippen molar-refractivity contribution in [1.82, 2.24) is 15.2 Å². The number of nitrogens with two attached hydrogens (primary N) is 1. The Bertz CT molecular complexity index is 680. The van der Waals surface area contributed by atoms with Crippen molar-refractivity contribution in [3.63, 3.8) is 0 Å². The van der Waals surface area contributed by atoms with Crippen LogP contribution in [0.5, 0.6) is 5.75 Å². The zero-order chi connectivity index (χ0) is 13.2. The molecule has 0 spiro atoms. The van der Waals surface area contributed by atoms with E-state index >= 15 is 0 Å². The van der Waals surface area contributed by atoms with Gasteiger partial charge in [-0.2, -0.15) is 0 Å². The largest absolute Gasteiger partial charge is 0.496 e. The lowest BCUT2D eigenvalue weighted by Gasteiger charge is -2.10. The molecule has 7 heteroatoms. The topological polar surface area (TPSA) is 87.1 Å². The summed E-state index contributed by atoms with van der Waals surface area (Å²) in [6.07, 6.45) is 2.99. The van der Waals surface area contributed by atoms with Gasteiger partial charge in [0, 0.05) is 17.3 Å². The van der Waals surface area contributed by atoms with E-state index in [1.807, 2.05) is 6.07 Å². The lowest BCUT2D eigenvalue weighted by molar-refractivity contribution is 0.415. The number of oxazole rings is 1. The van der Waals surface area contributed by atoms with Crippen LogP contribution in [0.4, 0.5) is 5.69 Å². The molecule has 96 valence electrons. The lowest BCUT2D eigenvalue weighted by Crippen LogP contribution is -1.95. The molecular formula is C12H10N4O2S. The van der Waals surface area contributed by atoms with Gasteiger partial charge < -0.3 is 14.9 Å². The average molecular weight is 274 g/mol. The van der Waals surface area contributed by atoms with Gasteiger partial charge in [0.25, 0.3) is 0 Å². The minimum absolute atomic E-state index is 0.580. The molecule has 0 aliphatic rings. The summed E-state index contributed by atoms with van der Waals surface area (Å²) < 4.78 is 10.6. The Hall–Kier alpha value is -2.41. The van der Waals surface area contributed by atoms with Crippen molar-refractivity contribution >= 4 is 17.0 Å². The van der Waals surface area contributed by atoms with Crippen LogP contribution in [0.15, 0.2) is 34.7 Å². The number of hydrogen-bond acceptors (Lipinski definition) is 7. The van der Waals surface area contributed by atoms with E-state index < -0.39 is 0 Å². The summed E-state index contributed by atoms with van der Waals surface area (Å²) in [6, 6.07) is 3.61. The van der Waals surface area contributed by atoms with Gasteiger partial charge in [-0.25, -0.2) is 4.98 Å². The van der Waals surface area contributed by atoms with Gasteiger partial charge in [0.05, 0.1) is 18.9 Å². The Balaban J connectivity index is 2.21. The van der Waals surface area contributed by atoms with Gasteiger partial charge in [-0.3, -0.25) is 0 Å². The highest BCUT2D eigenvalue weighted by atomic mass is 32.1. The summed E-state index contributed by atoms with van der Waals surface area (Å²) in [4.78, 5) is 3.91. The number of aromatic nitrogens is 3. The highest BCUT2D eigenvalue weighted by molar-refractivity contribution is 7.12. The van der Waals surface area contributed by atoms with Crippen LogP contribution in [0.25, 0.3) is 21.9 Å². The zero-order valence-electron chi connectivity index (χ0n) is 10.0. The summed E-state index contributed by atoms with van der Waals surface area (Å²) in [6.45, 7) is 0. The normalized spacial score (nSPS) is 10.6. The molecule has 2 N–H and O–H groups in total. The third kappa shape index (κ3) is 2.04. The van der Waals surface area contributed by atoms with Crippen molar-refractivity contribution in [3.8, 4) is 27.6 Å². The quantitative estimate of drug-likeness (QED) is 0.738. The maximum Gasteiger partial charge on any atom is 0.181 e. The molecule has 1 aromatic carbocycles. The number of anilines is 1. The van der Waals surface area contributed by atoms with Crippen LogP contribution in [0.1, 0.15) is 0 Å². The summed E-state index contributed by atoms with van der Waals surface area (Å²) in [5.41, 5.74) is 9.84. The number of rotatable bonds is 3. The standard InChI is InChI=1S/C12H10N4O2S/c1-17-10-3-9(13)7(12-16-15-6-19-12)2-8(10)11-4-14-5-18-11/h2-6H,13H2,1H3. The van der Waals surface area contributed by atoms with Gasteiger partial charge in [-0.05, 0) is 6.07 Å². The van der Waals surface area contributed by atoms with Crippen molar-refractivity contribution in [3.05, 3.63) is 30.2 Å². The van der Waals surface area contributed by atoms with E-state index in [9.17, 15) is 0 Å². The molecule has 3 rings (SSSR count). The summed E-state index contributed by atoms with van der Waals surface area (Å²) in [7, 11) is 1.58. The first-order valence-electron chi connectivity index (χ1n) is 5.42. The molecule has 19 heavy (non-hydrogen) atoms. The van der Waals surface area contributed by atoms with Crippen molar-refractivity contribution in [1.29, 1.82) is 0 Å². The van der Waals surface area contributed by atoms with E-state index in [4.69, 9.17) is 14.9 Å². The SMILES string of the molecule is COc1cc(N)c(-c2nncs2)cc1-c1cnco1. The molecule has 0 atom stereocenters. The minimum Gasteiger partial charge on any atom is -0.496 e. The molecule has 0 amide bonds. The molecule has 0 aliphatic carbocycles. The van der Waals surface area contributed by atoms with Gasteiger partial charge in [0.2, 0.25) is 0 Å². The molecule has 0 aliphatic heterocycles. The van der Waals surface area contributed by atoms with E-state index in [2.05, 4.69) is 15.2 Å². The van der Waals surface area contributed by atoms with E-state index in [1.54, 1.807) is 24.9 Å². The molecule has 0 fully saturated rings. The van der Waals surface area contributed by atoms with E-state index in [1.165, 1.54) is 17.7 Å². The fraction of sp³-hybridized carbons (Fsp3) is 0.0833. The van der Waals surface area contributed by atoms with Gasteiger partial charge in [-0.1, -0.05) is 11.3 Å². The second-order valence-electron chi connectivity index (χ2n) is 3.75. The number of nitrogen functional groups attached to an aromatic ring is 1. The molecular weight excluding hydrogens is 264 g/mol. The maximum absolute atomic E-state index is 6.02. The fourth-order valence-corrected chi connectivity index (χ4v) is 2.37. The average Bonchev–Trinajstić information content (AvgIpc) is 3.11. The van der Waals surface area contributed by atoms with E-state index in [0.717, 1.165) is 16.1 Å². The third-order valence-corrected chi connectivity index (χ3v) is 3.38. The molecule has 0 radical (unpaired) electrons. The predicted molar refractivity (Wildman–Crippen MR) is 71.8 cm³/mol. The summed E-state index contributed by atoms with van der Waals surface area (Å²) >= 11 is 1.42.